The topological polar surface area (TPSA) is 75.3 Å². The predicted molar refractivity (Wildman–Crippen MR) is 106 cm³/mol. The van der Waals surface area contributed by atoms with E-state index in [2.05, 4.69) is 10.0 Å². The first kappa shape index (κ1) is 19.7. The molecule has 0 saturated carbocycles. The first-order chi connectivity index (χ1) is 13.3. The van der Waals surface area contributed by atoms with Crippen molar-refractivity contribution in [3.05, 3.63) is 95.3 Å². The van der Waals surface area contributed by atoms with Gasteiger partial charge in [0.25, 0.3) is 5.91 Å². The number of anilines is 1. The van der Waals surface area contributed by atoms with Gasteiger partial charge in [0.1, 0.15) is 5.82 Å². The molecule has 0 fully saturated rings. The van der Waals surface area contributed by atoms with Gasteiger partial charge >= 0.3 is 0 Å². The van der Waals surface area contributed by atoms with Gasteiger partial charge in [0.2, 0.25) is 10.0 Å². The summed E-state index contributed by atoms with van der Waals surface area (Å²) in [4.78, 5) is 12.5. The Bertz CT molecular complexity index is 1100. The third-order valence-electron chi connectivity index (χ3n) is 4.13. The lowest BCUT2D eigenvalue weighted by atomic mass is 10.1. The van der Waals surface area contributed by atoms with E-state index in [1.165, 1.54) is 30.3 Å². The van der Waals surface area contributed by atoms with E-state index in [-0.39, 0.29) is 22.7 Å². The summed E-state index contributed by atoms with van der Waals surface area (Å²) < 4.78 is 41.2. The molecule has 0 bridgehead atoms. The molecule has 0 spiro atoms. The molecular weight excluding hydrogens is 379 g/mol. The lowest BCUT2D eigenvalue weighted by molar-refractivity contribution is 0.102. The quantitative estimate of drug-likeness (QED) is 0.662. The molecule has 1 amide bonds. The summed E-state index contributed by atoms with van der Waals surface area (Å²) in [5, 5.41) is 2.56. The predicted octanol–water partition coefficient (Wildman–Crippen LogP) is 3.86. The summed E-state index contributed by atoms with van der Waals surface area (Å²) in [5.74, 6) is -1.000. The Morgan fingerprint density at radius 1 is 0.964 bits per heavy atom. The van der Waals surface area contributed by atoms with Gasteiger partial charge in [0.15, 0.2) is 0 Å². The summed E-state index contributed by atoms with van der Waals surface area (Å²) >= 11 is 0. The lowest BCUT2D eigenvalue weighted by Crippen LogP contribution is -2.24. The number of nitrogens with one attached hydrogen (secondary N) is 2. The minimum Gasteiger partial charge on any atom is -0.322 e. The van der Waals surface area contributed by atoms with E-state index < -0.39 is 21.7 Å². The molecule has 0 aliphatic rings. The van der Waals surface area contributed by atoms with Crippen LogP contribution in [0, 0.1) is 12.7 Å². The fourth-order valence-corrected chi connectivity index (χ4v) is 3.94. The van der Waals surface area contributed by atoms with Crippen LogP contribution in [0.5, 0.6) is 0 Å². The van der Waals surface area contributed by atoms with Crippen molar-refractivity contribution < 1.29 is 17.6 Å². The van der Waals surface area contributed by atoms with E-state index in [0.29, 0.717) is 5.56 Å². The zero-order chi connectivity index (χ0) is 20.1. The van der Waals surface area contributed by atoms with Crippen molar-refractivity contribution in [2.24, 2.45) is 0 Å². The second-order valence-electron chi connectivity index (χ2n) is 6.25. The van der Waals surface area contributed by atoms with E-state index in [0.717, 1.165) is 5.56 Å². The molecule has 3 rings (SSSR count). The molecule has 3 aromatic carbocycles. The van der Waals surface area contributed by atoms with Gasteiger partial charge in [-0.2, -0.15) is 0 Å². The number of carbonyl (C=O) groups is 1. The van der Waals surface area contributed by atoms with Crippen molar-refractivity contribution in [2.75, 3.05) is 5.32 Å². The number of aryl methyl sites for hydroxylation is 1. The van der Waals surface area contributed by atoms with Crippen LogP contribution in [-0.4, -0.2) is 14.3 Å². The normalized spacial score (nSPS) is 11.2. The Hall–Kier alpha value is -3.03. The fraction of sp³-hybridized carbons (Fsp3) is 0.0952. The SMILES string of the molecule is Cc1ccc(C(=O)Nc2cccc(F)c2)cc1S(=O)(=O)NCc1ccccc1. The van der Waals surface area contributed by atoms with Gasteiger partial charge in [0.05, 0.1) is 4.90 Å². The third kappa shape index (κ3) is 4.82. The standard InChI is InChI=1S/C21H19FN2O3S/c1-15-10-11-17(21(25)24-19-9-5-8-18(22)13-19)12-20(15)28(26,27)23-14-16-6-3-2-4-7-16/h2-13,23H,14H2,1H3,(H,24,25). The fourth-order valence-electron chi connectivity index (χ4n) is 2.65. The summed E-state index contributed by atoms with van der Waals surface area (Å²) in [6.45, 7) is 1.80. The first-order valence-electron chi connectivity index (χ1n) is 8.56. The average molecular weight is 398 g/mol. The molecule has 0 heterocycles. The Morgan fingerprint density at radius 3 is 2.43 bits per heavy atom. The second kappa shape index (κ2) is 8.33. The van der Waals surface area contributed by atoms with E-state index in [4.69, 9.17) is 0 Å². The number of sulfonamides is 1. The zero-order valence-electron chi connectivity index (χ0n) is 15.1. The maximum Gasteiger partial charge on any atom is 0.255 e. The number of rotatable bonds is 6. The number of carbonyl (C=O) groups excluding carboxylic acids is 1. The number of amides is 1. The van der Waals surface area contributed by atoms with Gasteiger partial charge in [-0.1, -0.05) is 42.5 Å². The maximum atomic E-state index is 13.3. The van der Waals surface area contributed by atoms with Crippen LogP contribution in [0.2, 0.25) is 0 Å². The van der Waals surface area contributed by atoms with Crippen LogP contribution < -0.4 is 10.0 Å². The monoisotopic (exact) mass is 398 g/mol. The van der Waals surface area contributed by atoms with Crippen LogP contribution in [0.3, 0.4) is 0 Å². The molecule has 7 heteroatoms. The Balaban J connectivity index is 1.81. The van der Waals surface area contributed by atoms with Crippen molar-refractivity contribution in [1.82, 2.24) is 4.72 Å². The summed E-state index contributed by atoms with van der Waals surface area (Å²) in [7, 11) is -3.81. The number of benzene rings is 3. The van der Waals surface area contributed by atoms with E-state index in [1.54, 1.807) is 19.1 Å². The molecule has 0 saturated heterocycles. The van der Waals surface area contributed by atoms with Crippen molar-refractivity contribution in [3.8, 4) is 0 Å². The number of hydrogen-bond donors (Lipinski definition) is 2. The summed E-state index contributed by atoms with van der Waals surface area (Å²) in [5.41, 5.74) is 1.79. The highest BCUT2D eigenvalue weighted by Crippen LogP contribution is 2.19. The molecule has 0 atom stereocenters. The van der Waals surface area contributed by atoms with Crippen LogP contribution in [0.15, 0.2) is 77.7 Å². The molecule has 2 N–H and O–H groups in total. The molecule has 0 aliphatic carbocycles. The molecule has 3 aromatic rings. The van der Waals surface area contributed by atoms with Crippen LogP contribution in [0.1, 0.15) is 21.5 Å². The first-order valence-corrected chi connectivity index (χ1v) is 10.0. The van der Waals surface area contributed by atoms with Gasteiger partial charge in [-0.3, -0.25) is 4.79 Å². The molecule has 144 valence electrons. The van der Waals surface area contributed by atoms with Gasteiger partial charge in [-0.15, -0.1) is 0 Å². The number of halogens is 1. The van der Waals surface area contributed by atoms with Crippen molar-refractivity contribution in [3.63, 3.8) is 0 Å². The Morgan fingerprint density at radius 2 is 1.71 bits per heavy atom. The highest BCUT2D eigenvalue weighted by atomic mass is 32.2. The second-order valence-corrected chi connectivity index (χ2v) is 7.99. The molecule has 0 unspecified atom stereocenters. The Kier molecular flexibility index (Phi) is 5.87. The summed E-state index contributed by atoms with van der Waals surface area (Å²) in [6.07, 6.45) is 0. The van der Waals surface area contributed by atoms with Gasteiger partial charge < -0.3 is 5.32 Å². The minimum absolute atomic E-state index is 0.0234. The van der Waals surface area contributed by atoms with Crippen molar-refractivity contribution >= 4 is 21.6 Å². The average Bonchev–Trinajstić information content (AvgIpc) is 2.67. The van der Waals surface area contributed by atoms with Crippen LogP contribution in [-0.2, 0) is 16.6 Å². The van der Waals surface area contributed by atoms with Crippen LogP contribution in [0.4, 0.5) is 10.1 Å². The Labute approximate surface area is 163 Å². The highest BCUT2D eigenvalue weighted by molar-refractivity contribution is 7.89. The van der Waals surface area contributed by atoms with Crippen LogP contribution >= 0.6 is 0 Å². The molecular formula is C21H19FN2O3S. The van der Waals surface area contributed by atoms with Gasteiger partial charge in [0, 0.05) is 17.8 Å². The number of hydrogen-bond acceptors (Lipinski definition) is 3. The van der Waals surface area contributed by atoms with E-state index in [9.17, 15) is 17.6 Å². The van der Waals surface area contributed by atoms with Crippen LogP contribution in [0.25, 0.3) is 0 Å². The maximum absolute atomic E-state index is 13.3. The van der Waals surface area contributed by atoms with Crippen molar-refractivity contribution in [1.29, 1.82) is 0 Å². The third-order valence-corrected chi connectivity index (χ3v) is 5.67. The zero-order valence-corrected chi connectivity index (χ0v) is 16.0. The smallest absolute Gasteiger partial charge is 0.255 e. The van der Waals surface area contributed by atoms with E-state index >= 15 is 0 Å². The molecule has 28 heavy (non-hydrogen) atoms. The highest BCUT2D eigenvalue weighted by Gasteiger charge is 2.19. The lowest BCUT2D eigenvalue weighted by Gasteiger charge is -2.12. The largest absolute Gasteiger partial charge is 0.322 e. The van der Waals surface area contributed by atoms with Gasteiger partial charge in [-0.25, -0.2) is 17.5 Å². The molecule has 0 aliphatic heterocycles. The minimum atomic E-state index is -3.81. The molecule has 0 aromatic heterocycles. The molecule has 0 radical (unpaired) electrons. The molecule has 5 nitrogen and oxygen atoms in total. The van der Waals surface area contributed by atoms with E-state index in [1.807, 2.05) is 30.3 Å². The van der Waals surface area contributed by atoms with Gasteiger partial charge in [-0.05, 0) is 48.4 Å². The van der Waals surface area contributed by atoms with Crippen molar-refractivity contribution in [2.45, 2.75) is 18.4 Å². The summed E-state index contributed by atoms with van der Waals surface area (Å²) in [6, 6.07) is 19.0.